The summed E-state index contributed by atoms with van der Waals surface area (Å²) < 4.78 is 0. The fraction of sp³-hybridized carbons (Fsp3) is 1.00. The maximum absolute atomic E-state index is 2.66. The van der Waals surface area contributed by atoms with E-state index in [9.17, 15) is 0 Å². The van der Waals surface area contributed by atoms with E-state index in [1.165, 1.54) is 12.6 Å². The number of hydrogen-bond donors (Lipinski definition) is 0. The van der Waals surface area contributed by atoms with Gasteiger partial charge in [-0.1, -0.05) is 13.3 Å². The fourth-order valence-electron chi connectivity index (χ4n) is 0. The second kappa shape index (κ2) is 8.82. The predicted molar refractivity (Wildman–Crippen MR) is 30.6 cm³/mol. The van der Waals surface area contributed by atoms with Crippen molar-refractivity contribution < 1.29 is 0 Å². The zero-order chi connectivity index (χ0) is 3.41. The SMILES string of the molecule is CCCP.[B]. The molecule has 0 aliphatic heterocycles. The van der Waals surface area contributed by atoms with Crippen LogP contribution in [0.4, 0.5) is 0 Å². The van der Waals surface area contributed by atoms with Crippen molar-refractivity contribution in [2.45, 2.75) is 13.3 Å². The van der Waals surface area contributed by atoms with Crippen LogP contribution in [-0.4, -0.2) is 14.6 Å². The summed E-state index contributed by atoms with van der Waals surface area (Å²) in [5.74, 6) is 0. The Kier molecular flexibility index (Phi) is 16.0. The minimum Gasteiger partial charge on any atom is -0.138 e. The highest BCUT2D eigenvalue weighted by molar-refractivity contribution is 7.16. The van der Waals surface area contributed by atoms with E-state index in [0.29, 0.717) is 0 Å². The highest BCUT2D eigenvalue weighted by atomic mass is 31.0. The zero-order valence-electron chi connectivity index (χ0n) is 3.57. The topological polar surface area (TPSA) is 0 Å². The fourth-order valence-corrected chi connectivity index (χ4v) is 0. The molecule has 0 bridgehead atoms. The van der Waals surface area contributed by atoms with Crippen LogP contribution in [-0.2, 0) is 0 Å². The molecule has 0 rings (SSSR count). The summed E-state index contributed by atoms with van der Waals surface area (Å²) in [6.45, 7) is 2.16. The van der Waals surface area contributed by atoms with Gasteiger partial charge in [0.2, 0.25) is 0 Å². The van der Waals surface area contributed by atoms with Crippen LogP contribution in [0.1, 0.15) is 13.3 Å². The first kappa shape index (κ1) is 9.09. The third-order valence-electron chi connectivity index (χ3n) is 0.289. The minimum atomic E-state index is 0. The van der Waals surface area contributed by atoms with Gasteiger partial charge in [-0.2, -0.15) is 0 Å². The first-order valence-corrected chi connectivity index (χ1v) is 2.43. The predicted octanol–water partition coefficient (Wildman–Crippen LogP) is 0.891. The van der Waals surface area contributed by atoms with Crippen LogP contribution in [0.2, 0.25) is 0 Å². The van der Waals surface area contributed by atoms with E-state index < -0.39 is 0 Å². The van der Waals surface area contributed by atoms with Crippen molar-refractivity contribution in [3.8, 4) is 0 Å². The maximum Gasteiger partial charge on any atom is 0 e. The van der Waals surface area contributed by atoms with Crippen molar-refractivity contribution in [2.24, 2.45) is 0 Å². The molecule has 3 radical (unpaired) electrons. The smallest absolute Gasteiger partial charge is 0 e. The van der Waals surface area contributed by atoms with Gasteiger partial charge in [-0.05, 0) is 6.16 Å². The third kappa shape index (κ3) is 12.5. The van der Waals surface area contributed by atoms with Crippen LogP contribution >= 0.6 is 9.24 Å². The molecule has 0 aromatic carbocycles. The van der Waals surface area contributed by atoms with Crippen molar-refractivity contribution >= 4 is 17.7 Å². The molecular weight excluding hydrogens is 77.8 g/mol. The molecule has 0 saturated heterocycles. The summed E-state index contributed by atoms with van der Waals surface area (Å²) in [7, 11) is 2.66. The number of hydrogen-bond acceptors (Lipinski definition) is 0. The van der Waals surface area contributed by atoms with Crippen molar-refractivity contribution in [1.29, 1.82) is 0 Å². The average molecular weight is 86.9 g/mol. The molecule has 5 heavy (non-hydrogen) atoms. The molecule has 0 fully saturated rings. The molecule has 0 aromatic heterocycles. The Morgan fingerprint density at radius 3 is 1.80 bits per heavy atom. The van der Waals surface area contributed by atoms with Gasteiger partial charge in [-0.25, -0.2) is 0 Å². The van der Waals surface area contributed by atoms with E-state index in [4.69, 9.17) is 0 Å². The van der Waals surface area contributed by atoms with Crippen LogP contribution in [0.5, 0.6) is 0 Å². The maximum atomic E-state index is 2.66. The van der Waals surface area contributed by atoms with Crippen LogP contribution in [0.15, 0.2) is 0 Å². The third-order valence-corrected chi connectivity index (χ3v) is 0.866. The molecule has 2 heteroatoms. The Balaban J connectivity index is 0. The normalized spacial score (nSPS) is 6.00. The van der Waals surface area contributed by atoms with Gasteiger partial charge in [0, 0.05) is 8.41 Å². The van der Waals surface area contributed by atoms with Crippen LogP contribution in [0, 0.1) is 0 Å². The molecule has 0 N–H and O–H groups in total. The standard InChI is InChI=1S/C3H9P.B/c1-2-3-4;/h2-4H2,1H3;. The van der Waals surface area contributed by atoms with Gasteiger partial charge in [0.1, 0.15) is 0 Å². The van der Waals surface area contributed by atoms with E-state index in [-0.39, 0.29) is 8.41 Å². The monoisotopic (exact) mass is 87.1 g/mol. The lowest BCUT2D eigenvalue weighted by Gasteiger charge is -1.68. The molecule has 0 heterocycles. The molecular formula is C3H9BP. The Labute approximate surface area is 38.1 Å². The average Bonchev–Trinajstić information content (AvgIpc) is 1.37. The van der Waals surface area contributed by atoms with Gasteiger partial charge in [-0.15, -0.1) is 9.24 Å². The Morgan fingerprint density at radius 1 is 1.60 bits per heavy atom. The van der Waals surface area contributed by atoms with Gasteiger partial charge in [0.05, 0.1) is 0 Å². The molecule has 0 amide bonds. The molecule has 0 aromatic rings. The lowest BCUT2D eigenvalue weighted by atomic mass is 10.6. The first-order chi connectivity index (χ1) is 1.91. The van der Waals surface area contributed by atoms with Crippen LogP contribution < -0.4 is 0 Å². The molecule has 0 aliphatic carbocycles. The van der Waals surface area contributed by atoms with E-state index in [2.05, 4.69) is 16.2 Å². The van der Waals surface area contributed by atoms with Crippen molar-refractivity contribution in [2.75, 3.05) is 6.16 Å². The summed E-state index contributed by atoms with van der Waals surface area (Å²) in [6, 6.07) is 0. The molecule has 0 saturated carbocycles. The molecule has 1 unspecified atom stereocenters. The quantitative estimate of drug-likeness (QED) is 0.329. The van der Waals surface area contributed by atoms with E-state index in [1.54, 1.807) is 0 Å². The van der Waals surface area contributed by atoms with Gasteiger partial charge < -0.3 is 0 Å². The minimum absolute atomic E-state index is 0. The molecule has 29 valence electrons. The molecule has 0 spiro atoms. The molecule has 1 atom stereocenters. The van der Waals surface area contributed by atoms with E-state index in [0.717, 1.165) is 0 Å². The van der Waals surface area contributed by atoms with Gasteiger partial charge >= 0.3 is 0 Å². The summed E-state index contributed by atoms with van der Waals surface area (Å²) >= 11 is 0. The van der Waals surface area contributed by atoms with Crippen molar-refractivity contribution in [3.05, 3.63) is 0 Å². The van der Waals surface area contributed by atoms with Gasteiger partial charge in [0.25, 0.3) is 0 Å². The summed E-state index contributed by atoms with van der Waals surface area (Å²) in [4.78, 5) is 0. The van der Waals surface area contributed by atoms with E-state index >= 15 is 0 Å². The highest BCUT2D eigenvalue weighted by Crippen LogP contribution is 1.80. The van der Waals surface area contributed by atoms with E-state index in [1.807, 2.05) is 0 Å². The Morgan fingerprint density at radius 2 is 1.80 bits per heavy atom. The van der Waals surface area contributed by atoms with Gasteiger partial charge in [-0.3, -0.25) is 0 Å². The highest BCUT2D eigenvalue weighted by Gasteiger charge is 1.56. The number of rotatable bonds is 1. The van der Waals surface area contributed by atoms with Crippen molar-refractivity contribution in [1.82, 2.24) is 0 Å². The summed E-state index contributed by atoms with van der Waals surface area (Å²) in [5.41, 5.74) is 0. The van der Waals surface area contributed by atoms with Crippen LogP contribution in [0.25, 0.3) is 0 Å². The molecule has 0 aliphatic rings. The van der Waals surface area contributed by atoms with Crippen LogP contribution in [0.3, 0.4) is 0 Å². The Hall–Kier alpha value is 0.495. The summed E-state index contributed by atoms with van der Waals surface area (Å²) in [5, 5.41) is 0. The second-order valence-corrected chi connectivity index (χ2v) is 1.37. The largest absolute Gasteiger partial charge is 0.138 e. The lowest BCUT2D eigenvalue weighted by Crippen LogP contribution is -1.54. The zero-order valence-corrected chi connectivity index (χ0v) is 4.72. The molecule has 0 nitrogen and oxygen atoms in total. The Bertz CT molecular complexity index is 8.85. The summed E-state index contributed by atoms with van der Waals surface area (Å²) in [6.07, 6.45) is 2.52. The van der Waals surface area contributed by atoms with Crippen molar-refractivity contribution in [3.63, 3.8) is 0 Å². The first-order valence-electron chi connectivity index (χ1n) is 1.62. The lowest BCUT2D eigenvalue weighted by molar-refractivity contribution is 1.11. The van der Waals surface area contributed by atoms with Gasteiger partial charge in [0.15, 0.2) is 0 Å². The second-order valence-electron chi connectivity index (χ2n) is 0.789.